The van der Waals surface area contributed by atoms with E-state index in [4.69, 9.17) is 0 Å². The van der Waals surface area contributed by atoms with Gasteiger partial charge in [-0.15, -0.1) is 0 Å². The van der Waals surface area contributed by atoms with Crippen LogP contribution < -0.4 is 0 Å². The second-order valence-corrected chi connectivity index (χ2v) is 8.71. The molecule has 1 aromatic heterocycles. The fourth-order valence-electron chi connectivity index (χ4n) is 2.37. The second-order valence-electron chi connectivity index (χ2n) is 6.21. The van der Waals surface area contributed by atoms with E-state index in [1.54, 1.807) is 74.8 Å². The first-order valence-electron chi connectivity index (χ1n) is 8.34. The minimum absolute atomic E-state index is 0.151. The molecule has 27 heavy (non-hydrogen) atoms. The lowest BCUT2D eigenvalue weighted by Gasteiger charge is -2.08. The van der Waals surface area contributed by atoms with Gasteiger partial charge in [0.05, 0.1) is 28.2 Å². The standard InChI is InChI=1S/C21H18N2O3S/c1-15(2)27(25,26)20-10-7-17(8-11-20)21-14-22-13-18(23-21)9-6-16-4-3-5-19(24)12-16/h3-5,7-8,10-15,24H,1-2H3. The maximum Gasteiger partial charge on any atom is 0.180 e. The number of aromatic hydroxyl groups is 1. The van der Waals surface area contributed by atoms with Crippen molar-refractivity contribution in [2.24, 2.45) is 0 Å². The van der Waals surface area contributed by atoms with Gasteiger partial charge in [-0.2, -0.15) is 0 Å². The smallest absolute Gasteiger partial charge is 0.180 e. The van der Waals surface area contributed by atoms with E-state index < -0.39 is 15.1 Å². The van der Waals surface area contributed by atoms with E-state index in [1.807, 2.05) is 0 Å². The third-order valence-electron chi connectivity index (χ3n) is 3.91. The summed E-state index contributed by atoms with van der Waals surface area (Å²) in [5, 5.41) is 9.01. The molecule has 0 aliphatic heterocycles. The molecule has 2 aromatic carbocycles. The van der Waals surface area contributed by atoms with E-state index in [2.05, 4.69) is 21.8 Å². The van der Waals surface area contributed by atoms with Crippen LogP contribution in [0, 0.1) is 11.8 Å². The highest BCUT2D eigenvalue weighted by Crippen LogP contribution is 2.21. The maximum atomic E-state index is 12.2. The first-order chi connectivity index (χ1) is 12.9. The zero-order valence-electron chi connectivity index (χ0n) is 14.9. The summed E-state index contributed by atoms with van der Waals surface area (Å²) >= 11 is 0. The van der Waals surface area contributed by atoms with Crippen LogP contribution in [-0.2, 0) is 9.84 Å². The molecule has 1 heterocycles. The minimum atomic E-state index is -3.31. The predicted octanol–water partition coefficient (Wildman–Crippen LogP) is 3.43. The van der Waals surface area contributed by atoms with Gasteiger partial charge in [0.1, 0.15) is 11.4 Å². The Labute approximate surface area is 158 Å². The molecule has 0 unspecified atom stereocenters. The molecule has 0 atom stereocenters. The van der Waals surface area contributed by atoms with E-state index in [0.717, 1.165) is 5.56 Å². The van der Waals surface area contributed by atoms with Crippen LogP contribution in [0.5, 0.6) is 5.75 Å². The molecule has 6 heteroatoms. The maximum absolute atomic E-state index is 12.2. The number of phenolic OH excluding ortho intramolecular Hbond substituents is 1. The molecule has 0 spiro atoms. The number of nitrogens with zero attached hydrogens (tertiary/aromatic N) is 2. The molecule has 136 valence electrons. The summed E-state index contributed by atoms with van der Waals surface area (Å²) in [6.45, 7) is 3.31. The molecule has 1 N–H and O–H groups in total. The molecule has 0 amide bonds. The fraction of sp³-hybridized carbons (Fsp3) is 0.143. The van der Waals surface area contributed by atoms with Crippen LogP contribution in [-0.4, -0.2) is 28.7 Å². The van der Waals surface area contributed by atoms with Crippen molar-refractivity contribution in [3.63, 3.8) is 0 Å². The summed E-state index contributed by atoms with van der Waals surface area (Å²) < 4.78 is 24.4. The van der Waals surface area contributed by atoms with Crippen LogP contribution in [0.4, 0.5) is 0 Å². The van der Waals surface area contributed by atoms with E-state index in [-0.39, 0.29) is 10.6 Å². The summed E-state index contributed by atoms with van der Waals surface area (Å²) in [6, 6.07) is 13.2. The van der Waals surface area contributed by atoms with Crippen molar-refractivity contribution in [1.82, 2.24) is 9.97 Å². The molecule has 3 aromatic rings. The number of rotatable bonds is 3. The summed E-state index contributed by atoms with van der Waals surface area (Å²) in [6.07, 6.45) is 3.16. The zero-order chi connectivity index (χ0) is 19.4. The van der Waals surface area contributed by atoms with E-state index in [1.165, 1.54) is 0 Å². The molecule has 0 aliphatic rings. The molecule has 0 bridgehead atoms. The highest BCUT2D eigenvalue weighted by atomic mass is 32.2. The summed E-state index contributed by atoms with van der Waals surface area (Å²) in [5.74, 6) is 6.00. The topological polar surface area (TPSA) is 80.2 Å². The molecular formula is C21H18N2O3S. The number of sulfone groups is 1. The normalized spacial score (nSPS) is 11.1. The van der Waals surface area contributed by atoms with Crippen LogP contribution in [0.25, 0.3) is 11.3 Å². The monoisotopic (exact) mass is 378 g/mol. The molecule has 0 saturated carbocycles. The summed E-state index contributed by atoms with van der Waals surface area (Å²) in [4.78, 5) is 8.90. The molecule has 3 rings (SSSR count). The fourth-order valence-corrected chi connectivity index (χ4v) is 3.43. The van der Waals surface area contributed by atoms with Gasteiger partial charge in [0.2, 0.25) is 0 Å². The Morgan fingerprint density at radius 2 is 1.74 bits per heavy atom. The summed E-state index contributed by atoms with van der Waals surface area (Å²) in [5.41, 5.74) is 2.51. The van der Waals surface area contributed by atoms with Crippen LogP contribution >= 0.6 is 0 Å². The molecule has 0 radical (unpaired) electrons. The zero-order valence-corrected chi connectivity index (χ0v) is 15.7. The molecule has 0 fully saturated rings. The number of aromatic nitrogens is 2. The Balaban J connectivity index is 1.88. The Morgan fingerprint density at radius 1 is 1.00 bits per heavy atom. The average molecular weight is 378 g/mol. The molecule has 5 nitrogen and oxygen atoms in total. The van der Waals surface area contributed by atoms with Gasteiger partial charge in [-0.3, -0.25) is 4.98 Å². The van der Waals surface area contributed by atoms with E-state index >= 15 is 0 Å². The van der Waals surface area contributed by atoms with Crippen LogP contribution in [0.2, 0.25) is 0 Å². The van der Waals surface area contributed by atoms with Gasteiger partial charge in [0, 0.05) is 11.1 Å². The third kappa shape index (κ3) is 4.33. The van der Waals surface area contributed by atoms with Gasteiger partial charge >= 0.3 is 0 Å². The highest BCUT2D eigenvalue weighted by molar-refractivity contribution is 7.92. The van der Waals surface area contributed by atoms with Crippen molar-refractivity contribution in [2.45, 2.75) is 24.0 Å². The Kier molecular flexibility index (Phi) is 5.24. The SMILES string of the molecule is CC(C)S(=O)(=O)c1ccc(-c2cncc(C#Cc3cccc(O)c3)n2)cc1. The molecular weight excluding hydrogens is 360 g/mol. The number of hydrogen-bond acceptors (Lipinski definition) is 5. The van der Waals surface area contributed by atoms with E-state index in [9.17, 15) is 13.5 Å². The van der Waals surface area contributed by atoms with Crippen molar-refractivity contribution < 1.29 is 13.5 Å². The Morgan fingerprint density at radius 3 is 2.41 bits per heavy atom. The summed E-state index contributed by atoms with van der Waals surface area (Å²) in [7, 11) is -3.31. The molecule has 0 aliphatic carbocycles. The van der Waals surface area contributed by atoms with Crippen molar-refractivity contribution in [1.29, 1.82) is 0 Å². The largest absolute Gasteiger partial charge is 0.508 e. The van der Waals surface area contributed by atoms with Gasteiger partial charge < -0.3 is 5.11 Å². The number of phenols is 1. The van der Waals surface area contributed by atoms with Gasteiger partial charge in [0.15, 0.2) is 9.84 Å². The van der Waals surface area contributed by atoms with Crippen LogP contribution in [0.1, 0.15) is 25.1 Å². The van der Waals surface area contributed by atoms with Crippen molar-refractivity contribution >= 4 is 9.84 Å². The Hall–Kier alpha value is -3.17. The average Bonchev–Trinajstić information content (AvgIpc) is 2.67. The Bertz CT molecular complexity index is 1130. The first-order valence-corrected chi connectivity index (χ1v) is 9.88. The lowest BCUT2D eigenvalue weighted by atomic mass is 10.1. The highest BCUT2D eigenvalue weighted by Gasteiger charge is 2.18. The van der Waals surface area contributed by atoms with Gasteiger partial charge in [-0.25, -0.2) is 13.4 Å². The second kappa shape index (κ2) is 7.60. The quantitative estimate of drug-likeness (QED) is 0.706. The van der Waals surface area contributed by atoms with Gasteiger partial charge in [0.25, 0.3) is 0 Å². The van der Waals surface area contributed by atoms with Crippen molar-refractivity contribution in [2.75, 3.05) is 0 Å². The molecule has 0 saturated heterocycles. The lowest BCUT2D eigenvalue weighted by molar-refractivity contribution is 0.475. The first kappa shape index (κ1) is 18.6. The van der Waals surface area contributed by atoms with Gasteiger partial charge in [-0.05, 0) is 50.1 Å². The van der Waals surface area contributed by atoms with Crippen molar-refractivity contribution in [3.05, 3.63) is 72.2 Å². The lowest BCUT2D eigenvalue weighted by Crippen LogP contribution is -2.13. The van der Waals surface area contributed by atoms with E-state index in [0.29, 0.717) is 17.0 Å². The van der Waals surface area contributed by atoms with Crippen molar-refractivity contribution in [3.8, 4) is 28.8 Å². The number of benzene rings is 2. The van der Waals surface area contributed by atoms with Gasteiger partial charge in [-0.1, -0.05) is 24.1 Å². The minimum Gasteiger partial charge on any atom is -0.508 e. The third-order valence-corrected chi connectivity index (χ3v) is 6.09. The van der Waals surface area contributed by atoms with Crippen LogP contribution in [0.15, 0.2) is 65.8 Å². The number of hydrogen-bond donors (Lipinski definition) is 1. The van der Waals surface area contributed by atoms with Crippen LogP contribution in [0.3, 0.4) is 0 Å². The predicted molar refractivity (Wildman–Crippen MR) is 104 cm³/mol.